The van der Waals surface area contributed by atoms with Crippen molar-refractivity contribution in [3.63, 3.8) is 0 Å². The Hall–Kier alpha value is -1.93. The summed E-state index contributed by atoms with van der Waals surface area (Å²) in [6.45, 7) is 4.31. The van der Waals surface area contributed by atoms with Crippen molar-refractivity contribution in [3.05, 3.63) is 23.8 Å². The van der Waals surface area contributed by atoms with E-state index < -0.39 is 0 Å². The van der Waals surface area contributed by atoms with Crippen LogP contribution in [-0.4, -0.2) is 56.7 Å². The highest BCUT2D eigenvalue weighted by Crippen LogP contribution is 2.44. The SMILES string of the molecule is [B]c1ccc2c(c1)NC(N(C)C)N(C1CCB(C#N)C(C)(C)C1)C2=O. The third-order valence-electron chi connectivity index (χ3n) is 5.59. The smallest absolute Gasteiger partial charge is 0.273 e. The predicted octanol–water partition coefficient (Wildman–Crippen LogP) is 1.69. The fourth-order valence-electron chi connectivity index (χ4n) is 4.15. The van der Waals surface area contributed by atoms with Crippen molar-refractivity contribution in [1.82, 2.24) is 9.80 Å². The highest BCUT2D eigenvalue weighted by atomic mass is 16.2. The van der Waals surface area contributed by atoms with Crippen molar-refractivity contribution in [2.24, 2.45) is 0 Å². The van der Waals surface area contributed by atoms with Crippen LogP contribution in [0.25, 0.3) is 0 Å². The second-order valence-corrected chi connectivity index (χ2v) is 8.10. The second-order valence-electron chi connectivity index (χ2n) is 8.10. The maximum Gasteiger partial charge on any atom is 0.273 e. The molecule has 2 aliphatic heterocycles. The summed E-state index contributed by atoms with van der Waals surface area (Å²) in [5.41, 5.74) is 2.08. The van der Waals surface area contributed by atoms with E-state index in [1.165, 1.54) is 0 Å². The lowest BCUT2D eigenvalue weighted by Crippen LogP contribution is -2.61. The zero-order valence-electron chi connectivity index (χ0n) is 15.4. The highest BCUT2D eigenvalue weighted by molar-refractivity contribution is 6.70. The molecule has 128 valence electrons. The molecule has 0 aromatic heterocycles. The average molecular weight is 334 g/mol. The van der Waals surface area contributed by atoms with Gasteiger partial charge < -0.3 is 10.2 Å². The van der Waals surface area contributed by atoms with Gasteiger partial charge >= 0.3 is 0 Å². The first-order chi connectivity index (χ1) is 11.7. The first-order valence-corrected chi connectivity index (χ1v) is 8.79. The Bertz CT molecular complexity index is 728. The van der Waals surface area contributed by atoms with Gasteiger partial charge in [0.1, 0.15) is 7.85 Å². The van der Waals surface area contributed by atoms with Crippen LogP contribution in [0.5, 0.6) is 0 Å². The molecule has 7 heteroatoms. The minimum atomic E-state index is -0.221. The minimum Gasteiger partial charge on any atom is -0.352 e. The Morgan fingerprint density at radius 1 is 1.44 bits per heavy atom. The van der Waals surface area contributed by atoms with Crippen LogP contribution in [0.2, 0.25) is 11.6 Å². The summed E-state index contributed by atoms with van der Waals surface area (Å²) in [5, 5.41) is 12.8. The highest BCUT2D eigenvalue weighted by Gasteiger charge is 2.46. The Balaban J connectivity index is 1.95. The van der Waals surface area contributed by atoms with Gasteiger partial charge in [-0.25, -0.2) is 5.26 Å². The molecule has 1 amide bonds. The molecule has 3 rings (SSSR count). The quantitative estimate of drug-likeness (QED) is 0.837. The summed E-state index contributed by atoms with van der Waals surface area (Å²) in [4.78, 5) is 17.2. The second kappa shape index (κ2) is 6.42. The molecule has 2 atom stereocenters. The predicted molar refractivity (Wildman–Crippen MR) is 102 cm³/mol. The van der Waals surface area contributed by atoms with E-state index in [0.717, 1.165) is 24.8 Å². The van der Waals surface area contributed by atoms with Crippen LogP contribution >= 0.6 is 0 Å². The molecule has 0 aliphatic carbocycles. The van der Waals surface area contributed by atoms with Crippen molar-refractivity contribution in [1.29, 1.82) is 5.26 Å². The molecule has 25 heavy (non-hydrogen) atoms. The number of anilines is 1. The number of benzene rings is 1. The van der Waals surface area contributed by atoms with Crippen LogP contribution < -0.4 is 10.8 Å². The largest absolute Gasteiger partial charge is 0.352 e. The van der Waals surface area contributed by atoms with E-state index in [9.17, 15) is 10.1 Å². The van der Waals surface area contributed by atoms with E-state index in [-0.39, 0.29) is 30.3 Å². The summed E-state index contributed by atoms with van der Waals surface area (Å²) in [6.07, 6.45) is 2.28. The molecule has 1 saturated heterocycles. The van der Waals surface area contributed by atoms with Gasteiger partial charge in [-0.3, -0.25) is 9.69 Å². The van der Waals surface area contributed by atoms with Gasteiger partial charge in [-0.05, 0) is 44.4 Å². The van der Waals surface area contributed by atoms with Gasteiger partial charge in [0, 0.05) is 17.7 Å². The maximum atomic E-state index is 13.3. The van der Waals surface area contributed by atoms with E-state index in [0.29, 0.717) is 11.0 Å². The number of nitriles is 1. The summed E-state index contributed by atoms with van der Waals surface area (Å²) in [5.74, 6) is 2.47. The molecule has 1 aromatic rings. The van der Waals surface area contributed by atoms with Crippen LogP contribution in [0.15, 0.2) is 18.2 Å². The number of nitrogens with zero attached hydrogens (tertiary/aromatic N) is 3. The van der Waals surface area contributed by atoms with Gasteiger partial charge in [-0.15, -0.1) is 0 Å². The summed E-state index contributed by atoms with van der Waals surface area (Å²) >= 11 is 0. The molecule has 5 nitrogen and oxygen atoms in total. The molecule has 1 aromatic carbocycles. The lowest BCUT2D eigenvalue weighted by molar-refractivity contribution is 0.0284. The maximum absolute atomic E-state index is 13.3. The van der Waals surface area contributed by atoms with Crippen LogP contribution in [-0.2, 0) is 0 Å². The van der Waals surface area contributed by atoms with Crippen LogP contribution in [0.1, 0.15) is 37.0 Å². The molecule has 2 radical (unpaired) electrons. The van der Waals surface area contributed by atoms with E-state index in [2.05, 4.69) is 25.1 Å². The third kappa shape index (κ3) is 3.16. The van der Waals surface area contributed by atoms with E-state index >= 15 is 0 Å². The molecular weight excluding hydrogens is 310 g/mol. The number of amides is 1. The van der Waals surface area contributed by atoms with Gasteiger partial charge in [-0.2, -0.15) is 0 Å². The molecule has 1 N–H and O–H groups in total. The van der Waals surface area contributed by atoms with Crippen molar-refractivity contribution in [2.75, 3.05) is 19.4 Å². The summed E-state index contributed by atoms with van der Waals surface area (Å²) in [6, 6.07) is 5.49. The van der Waals surface area contributed by atoms with Crippen molar-refractivity contribution in [2.45, 2.75) is 50.7 Å². The Morgan fingerprint density at radius 2 is 2.16 bits per heavy atom. The Morgan fingerprint density at radius 3 is 2.76 bits per heavy atom. The van der Waals surface area contributed by atoms with Crippen LogP contribution in [0, 0.1) is 11.2 Å². The summed E-state index contributed by atoms with van der Waals surface area (Å²) < 4.78 is 0. The fraction of sp³-hybridized carbons (Fsp3) is 0.556. The van der Waals surface area contributed by atoms with Gasteiger partial charge in [-0.1, -0.05) is 31.7 Å². The number of carbonyl (C=O) groups is 1. The van der Waals surface area contributed by atoms with Gasteiger partial charge in [0.05, 0.1) is 5.56 Å². The van der Waals surface area contributed by atoms with Crippen molar-refractivity contribution in [3.8, 4) is 5.97 Å². The topological polar surface area (TPSA) is 59.4 Å². The number of hydrogen-bond donors (Lipinski definition) is 1. The fourth-order valence-corrected chi connectivity index (χ4v) is 4.15. The van der Waals surface area contributed by atoms with Crippen LogP contribution in [0.3, 0.4) is 0 Å². The number of nitrogens with one attached hydrogen (secondary N) is 1. The molecule has 0 bridgehead atoms. The minimum absolute atomic E-state index is 0.0312. The van der Waals surface area contributed by atoms with E-state index in [4.69, 9.17) is 7.85 Å². The lowest BCUT2D eigenvalue weighted by atomic mass is 9.30. The molecule has 2 heterocycles. The van der Waals surface area contributed by atoms with E-state index in [1.807, 2.05) is 30.0 Å². The molecule has 0 saturated carbocycles. The first-order valence-electron chi connectivity index (χ1n) is 8.79. The standard InChI is InChI=1S/C18H24B2N4O/c1-18(2)10-13(7-8-20(18)11-21)24-16(25)14-6-5-12(19)9-15(14)22-17(24)23(3)4/h5-6,9,13,17,22H,7-8,10H2,1-4H3. The normalized spacial score (nSPS) is 25.4. The number of fused-ring (bicyclic) bond motifs is 1. The Labute approximate surface area is 151 Å². The average Bonchev–Trinajstić information content (AvgIpc) is 2.53. The molecule has 2 unspecified atom stereocenters. The monoisotopic (exact) mass is 334 g/mol. The van der Waals surface area contributed by atoms with Gasteiger partial charge in [0.25, 0.3) is 12.6 Å². The van der Waals surface area contributed by atoms with Crippen molar-refractivity contribution >= 4 is 31.6 Å². The molecule has 2 aliphatic rings. The van der Waals surface area contributed by atoms with Gasteiger partial charge in [0.2, 0.25) is 0 Å². The van der Waals surface area contributed by atoms with Crippen LogP contribution in [0.4, 0.5) is 5.69 Å². The van der Waals surface area contributed by atoms with Crippen molar-refractivity contribution < 1.29 is 4.79 Å². The van der Waals surface area contributed by atoms with Gasteiger partial charge in [0.15, 0.2) is 6.29 Å². The first kappa shape index (κ1) is 17.9. The zero-order chi connectivity index (χ0) is 18.4. The zero-order valence-corrected chi connectivity index (χ0v) is 15.4. The number of carbonyl (C=O) groups excluding carboxylic acids is 1. The summed E-state index contributed by atoms with van der Waals surface area (Å²) in [7, 11) is 9.80. The third-order valence-corrected chi connectivity index (χ3v) is 5.59. The molecule has 0 spiro atoms. The number of rotatable bonds is 2. The van der Waals surface area contributed by atoms with E-state index in [1.54, 1.807) is 12.1 Å². The molecular formula is C18H24B2N4O. The Kier molecular flexibility index (Phi) is 4.59. The number of hydrogen-bond acceptors (Lipinski definition) is 4. The lowest BCUT2D eigenvalue weighted by Gasteiger charge is -2.49. The molecule has 1 fully saturated rings.